The Morgan fingerprint density at radius 1 is 1.07 bits per heavy atom. The van der Waals surface area contributed by atoms with E-state index in [4.69, 9.17) is 9.72 Å². The Bertz CT molecular complexity index is 964. The van der Waals surface area contributed by atoms with Gasteiger partial charge >= 0.3 is 0 Å². The first kappa shape index (κ1) is 20.1. The second-order valence-corrected chi connectivity index (χ2v) is 7.20. The van der Waals surface area contributed by atoms with E-state index in [2.05, 4.69) is 19.2 Å². The molecule has 0 spiro atoms. The van der Waals surface area contributed by atoms with Crippen LogP contribution in [-0.4, -0.2) is 23.2 Å². The van der Waals surface area contributed by atoms with Crippen LogP contribution < -0.4 is 15.6 Å². The van der Waals surface area contributed by atoms with Gasteiger partial charge in [-0.3, -0.25) is 9.36 Å². The Balaban J connectivity index is 2.00. The number of hydrogen-bond donors (Lipinski definition) is 1. The average Bonchev–Trinajstić information content (AvgIpc) is 2.73. The number of rotatable bonds is 9. The SMILES string of the molecule is CCCCCC[NH2+][C@H](C)c1nc2ccccc2c(=O)n1-c1ccc(OC)cc1. The first-order chi connectivity index (χ1) is 13.7. The van der Waals surface area contributed by atoms with Gasteiger partial charge in [0.1, 0.15) is 11.8 Å². The smallest absolute Gasteiger partial charge is 0.266 e. The molecule has 5 heteroatoms. The molecule has 0 radical (unpaired) electrons. The van der Waals surface area contributed by atoms with Gasteiger partial charge in [-0.1, -0.05) is 31.9 Å². The molecule has 1 atom stereocenters. The van der Waals surface area contributed by atoms with Crippen molar-refractivity contribution in [3.63, 3.8) is 0 Å². The van der Waals surface area contributed by atoms with Crippen LogP contribution in [0.25, 0.3) is 16.6 Å². The summed E-state index contributed by atoms with van der Waals surface area (Å²) in [6.45, 7) is 5.38. The van der Waals surface area contributed by atoms with Crippen molar-refractivity contribution in [2.45, 2.75) is 45.6 Å². The van der Waals surface area contributed by atoms with Gasteiger partial charge in [0, 0.05) is 0 Å². The quantitative estimate of drug-likeness (QED) is 0.577. The molecule has 0 aliphatic rings. The summed E-state index contributed by atoms with van der Waals surface area (Å²) in [5.41, 5.74) is 1.53. The molecule has 0 aliphatic heterocycles. The highest BCUT2D eigenvalue weighted by atomic mass is 16.5. The summed E-state index contributed by atoms with van der Waals surface area (Å²) < 4.78 is 7.00. The molecule has 2 aromatic carbocycles. The molecule has 28 heavy (non-hydrogen) atoms. The molecule has 0 saturated carbocycles. The summed E-state index contributed by atoms with van der Waals surface area (Å²) in [6.07, 6.45) is 4.93. The minimum absolute atomic E-state index is 0.0306. The lowest BCUT2D eigenvalue weighted by molar-refractivity contribution is -0.694. The fourth-order valence-corrected chi connectivity index (χ4v) is 3.48. The highest BCUT2D eigenvalue weighted by Gasteiger charge is 2.20. The number of nitrogens with two attached hydrogens (primary N) is 1. The number of benzene rings is 2. The molecule has 0 aliphatic carbocycles. The zero-order valence-electron chi connectivity index (χ0n) is 17.0. The number of unbranched alkanes of at least 4 members (excludes halogenated alkanes) is 3. The zero-order valence-corrected chi connectivity index (χ0v) is 17.0. The lowest BCUT2D eigenvalue weighted by Gasteiger charge is -2.18. The maximum Gasteiger partial charge on any atom is 0.266 e. The molecule has 1 aromatic heterocycles. The van der Waals surface area contributed by atoms with Crippen LogP contribution in [0.5, 0.6) is 5.75 Å². The average molecular weight is 381 g/mol. The number of para-hydroxylation sites is 1. The van der Waals surface area contributed by atoms with Crippen LogP contribution >= 0.6 is 0 Å². The van der Waals surface area contributed by atoms with Crippen molar-refractivity contribution in [1.29, 1.82) is 0 Å². The van der Waals surface area contributed by atoms with Gasteiger partial charge in [0.15, 0.2) is 5.82 Å². The van der Waals surface area contributed by atoms with Crippen LogP contribution in [0.4, 0.5) is 0 Å². The van der Waals surface area contributed by atoms with Gasteiger partial charge in [-0.2, -0.15) is 0 Å². The van der Waals surface area contributed by atoms with E-state index < -0.39 is 0 Å². The summed E-state index contributed by atoms with van der Waals surface area (Å²) >= 11 is 0. The van der Waals surface area contributed by atoms with Crippen molar-refractivity contribution in [3.8, 4) is 11.4 Å². The second kappa shape index (κ2) is 9.51. The standard InChI is InChI=1S/C23H29N3O2/c1-4-5-6-9-16-24-17(2)22-25-21-11-8-7-10-20(21)23(27)26(22)18-12-14-19(28-3)15-13-18/h7-8,10-15,17,24H,4-6,9,16H2,1-3H3/p+1/t17-/m1/s1. The molecule has 5 nitrogen and oxygen atoms in total. The maximum atomic E-state index is 13.3. The molecule has 0 saturated heterocycles. The van der Waals surface area contributed by atoms with E-state index in [9.17, 15) is 4.79 Å². The van der Waals surface area contributed by atoms with Crippen molar-refractivity contribution < 1.29 is 10.1 Å². The maximum absolute atomic E-state index is 13.3. The van der Waals surface area contributed by atoms with Crippen molar-refractivity contribution in [3.05, 3.63) is 64.7 Å². The Hall–Kier alpha value is -2.66. The molecule has 3 aromatic rings. The number of quaternary nitrogens is 1. The summed E-state index contributed by atoms with van der Waals surface area (Å²) in [7, 11) is 1.64. The first-order valence-corrected chi connectivity index (χ1v) is 10.1. The summed E-state index contributed by atoms with van der Waals surface area (Å²) in [5, 5.41) is 2.92. The fraction of sp³-hybridized carbons (Fsp3) is 0.391. The first-order valence-electron chi connectivity index (χ1n) is 10.1. The van der Waals surface area contributed by atoms with Crippen molar-refractivity contribution in [2.75, 3.05) is 13.7 Å². The van der Waals surface area contributed by atoms with Gasteiger partial charge in [-0.05, 0) is 56.2 Å². The number of fused-ring (bicyclic) bond motifs is 1. The molecule has 0 bridgehead atoms. The predicted octanol–water partition coefficient (Wildman–Crippen LogP) is 3.60. The normalized spacial score (nSPS) is 12.2. The number of aromatic nitrogens is 2. The lowest BCUT2D eigenvalue weighted by Crippen LogP contribution is -2.85. The van der Waals surface area contributed by atoms with Gasteiger partial charge in [-0.25, -0.2) is 4.98 Å². The Morgan fingerprint density at radius 2 is 1.82 bits per heavy atom. The van der Waals surface area contributed by atoms with E-state index in [0.717, 1.165) is 29.3 Å². The molecular formula is C23H30N3O2+. The van der Waals surface area contributed by atoms with Crippen LogP contribution in [0, 0.1) is 0 Å². The zero-order chi connectivity index (χ0) is 19.9. The topological polar surface area (TPSA) is 60.7 Å². The van der Waals surface area contributed by atoms with Crippen molar-refractivity contribution in [1.82, 2.24) is 9.55 Å². The minimum atomic E-state index is -0.0306. The van der Waals surface area contributed by atoms with Crippen LogP contribution in [0.2, 0.25) is 0 Å². The summed E-state index contributed by atoms with van der Waals surface area (Å²) in [4.78, 5) is 18.2. The third-order valence-electron chi connectivity index (χ3n) is 5.12. The minimum Gasteiger partial charge on any atom is -0.497 e. The van der Waals surface area contributed by atoms with Crippen LogP contribution in [0.1, 0.15) is 51.4 Å². The number of ether oxygens (including phenoxy) is 1. The van der Waals surface area contributed by atoms with E-state index >= 15 is 0 Å². The molecule has 0 unspecified atom stereocenters. The van der Waals surface area contributed by atoms with E-state index in [1.807, 2.05) is 48.5 Å². The van der Waals surface area contributed by atoms with E-state index in [1.54, 1.807) is 11.7 Å². The largest absolute Gasteiger partial charge is 0.497 e. The van der Waals surface area contributed by atoms with Gasteiger partial charge < -0.3 is 10.1 Å². The Morgan fingerprint density at radius 3 is 2.54 bits per heavy atom. The molecule has 2 N–H and O–H groups in total. The van der Waals surface area contributed by atoms with Crippen molar-refractivity contribution in [2.24, 2.45) is 0 Å². The van der Waals surface area contributed by atoms with Crippen LogP contribution in [-0.2, 0) is 0 Å². The number of methoxy groups -OCH3 is 1. The van der Waals surface area contributed by atoms with Crippen LogP contribution in [0.15, 0.2) is 53.3 Å². The highest BCUT2D eigenvalue weighted by Crippen LogP contribution is 2.19. The number of hydrogen-bond acceptors (Lipinski definition) is 3. The molecule has 0 fully saturated rings. The molecular weight excluding hydrogens is 350 g/mol. The van der Waals surface area contributed by atoms with Gasteiger partial charge in [0.05, 0.1) is 30.2 Å². The monoisotopic (exact) mass is 380 g/mol. The number of nitrogens with zero attached hydrogens (tertiary/aromatic N) is 2. The highest BCUT2D eigenvalue weighted by molar-refractivity contribution is 5.77. The van der Waals surface area contributed by atoms with Gasteiger partial charge in [0.2, 0.25) is 0 Å². The molecule has 0 amide bonds. The fourth-order valence-electron chi connectivity index (χ4n) is 3.48. The Kier molecular flexibility index (Phi) is 6.82. The lowest BCUT2D eigenvalue weighted by atomic mass is 10.2. The van der Waals surface area contributed by atoms with Gasteiger partial charge in [0.25, 0.3) is 5.56 Å². The van der Waals surface area contributed by atoms with Gasteiger partial charge in [-0.15, -0.1) is 0 Å². The summed E-state index contributed by atoms with van der Waals surface area (Å²) in [6, 6.07) is 15.2. The predicted molar refractivity (Wildman–Crippen MR) is 113 cm³/mol. The van der Waals surface area contributed by atoms with E-state index in [-0.39, 0.29) is 11.6 Å². The van der Waals surface area contributed by atoms with Crippen molar-refractivity contribution >= 4 is 10.9 Å². The molecule has 148 valence electrons. The third kappa shape index (κ3) is 4.42. The Labute approximate surface area is 166 Å². The van der Waals surface area contributed by atoms with Crippen LogP contribution in [0.3, 0.4) is 0 Å². The third-order valence-corrected chi connectivity index (χ3v) is 5.12. The molecule has 1 heterocycles. The second-order valence-electron chi connectivity index (χ2n) is 7.20. The summed E-state index contributed by atoms with van der Waals surface area (Å²) in [5.74, 6) is 1.55. The van der Waals surface area contributed by atoms with E-state index in [0.29, 0.717) is 5.39 Å². The van der Waals surface area contributed by atoms with E-state index in [1.165, 1.54) is 25.7 Å². The molecule has 3 rings (SSSR count).